The fourth-order valence-electron chi connectivity index (χ4n) is 2.89. The highest BCUT2D eigenvalue weighted by molar-refractivity contribution is 5.95. The van der Waals surface area contributed by atoms with Gasteiger partial charge >= 0.3 is 6.18 Å². The average Bonchev–Trinajstić information content (AvgIpc) is 3.05. The molecule has 0 spiro atoms. The van der Waals surface area contributed by atoms with E-state index in [0.29, 0.717) is 6.42 Å². The molecule has 0 bridgehead atoms. The number of aromatic nitrogens is 2. The van der Waals surface area contributed by atoms with Crippen molar-refractivity contribution in [3.63, 3.8) is 0 Å². The predicted octanol–water partition coefficient (Wildman–Crippen LogP) is 4.15. The van der Waals surface area contributed by atoms with Crippen molar-refractivity contribution in [2.75, 3.05) is 0 Å². The second-order valence-electron chi connectivity index (χ2n) is 6.19. The molecule has 7 heteroatoms. The van der Waals surface area contributed by atoms with Gasteiger partial charge in [-0.15, -0.1) is 0 Å². The highest BCUT2D eigenvalue weighted by Crippen LogP contribution is 2.31. The fraction of sp³-hybridized carbons (Fsp3) is 0.200. The summed E-state index contributed by atoms with van der Waals surface area (Å²) < 4.78 is 40.5. The van der Waals surface area contributed by atoms with Crippen LogP contribution in [0.1, 0.15) is 33.2 Å². The molecule has 1 unspecified atom stereocenters. The summed E-state index contributed by atoms with van der Waals surface area (Å²) in [5, 5.41) is 6.13. The van der Waals surface area contributed by atoms with E-state index in [1.54, 1.807) is 0 Å². The van der Waals surface area contributed by atoms with Gasteiger partial charge in [0.25, 0.3) is 5.91 Å². The summed E-state index contributed by atoms with van der Waals surface area (Å²) in [4.78, 5) is 12.6. The Morgan fingerprint density at radius 2 is 1.67 bits per heavy atom. The summed E-state index contributed by atoms with van der Waals surface area (Å²) >= 11 is 0. The van der Waals surface area contributed by atoms with Gasteiger partial charge in [0.15, 0.2) is 5.69 Å². The maximum Gasteiger partial charge on any atom is 0.435 e. The monoisotopic (exact) mass is 373 g/mol. The molecule has 140 valence electrons. The number of nitrogens with zero attached hydrogens (tertiary/aromatic N) is 2. The lowest BCUT2D eigenvalue weighted by atomic mass is 9.98. The molecule has 1 aromatic heterocycles. The Hall–Kier alpha value is -3.09. The topological polar surface area (TPSA) is 46.9 Å². The first-order valence-electron chi connectivity index (χ1n) is 8.35. The Labute approximate surface area is 154 Å². The molecule has 0 saturated heterocycles. The first kappa shape index (κ1) is 18.7. The van der Waals surface area contributed by atoms with Crippen LogP contribution in [-0.4, -0.2) is 15.7 Å². The zero-order valence-corrected chi connectivity index (χ0v) is 14.6. The predicted molar refractivity (Wildman–Crippen MR) is 95.0 cm³/mol. The normalized spacial score (nSPS) is 12.6. The smallest absolute Gasteiger partial charge is 0.345 e. The van der Waals surface area contributed by atoms with Crippen molar-refractivity contribution in [2.24, 2.45) is 7.05 Å². The summed E-state index contributed by atoms with van der Waals surface area (Å²) in [7, 11) is 1.35. The summed E-state index contributed by atoms with van der Waals surface area (Å²) in [6, 6.07) is 18.1. The third-order valence-corrected chi connectivity index (χ3v) is 4.13. The van der Waals surface area contributed by atoms with Crippen LogP contribution in [0.2, 0.25) is 0 Å². The van der Waals surface area contributed by atoms with Gasteiger partial charge < -0.3 is 5.32 Å². The van der Waals surface area contributed by atoms with Crippen molar-refractivity contribution in [3.05, 3.63) is 89.2 Å². The van der Waals surface area contributed by atoms with Gasteiger partial charge in [-0.3, -0.25) is 9.48 Å². The summed E-state index contributed by atoms with van der Waals surface area (Å²) in [5.74, 6) is -0.805. The van der Waals surface area contributed by atoms with Gasteiger partial charge in [-0.05, 0) is 17.5 Å². The first-order valence-corrected chi connectivity index (χ1v) is 8.35. The maximum atomic E-state index is 13.2. The number of carbonyl (C=O) groups excluding carboxylic acids is 1. The molecule has 0 aliphatic heterocycles. The molecule has 27 heavy (non-hydrogen) atoms. The third kappa shape index (κ3) is 4.55. The summed E-state index contributed by atoms with van der Waals surface area (Å²) in [5.41, 5.74) is 0.106. The van der Waals surface area contributed by atoms with E-state index >= 15 is 0 Å². The van der Waals surface area contributed by atoms with Gasteiger partial charge in [-0.25, -0.2) is 0 Å². The van der Waals surface area contributed by atoms with Crippen molar-refractivity contribution < 1.29 is 18.0 Å². The molecule has 0 fully saturated rings. The molecule has 3 rings (SSSR count). The molecule has 2 aromatic carbocycles. The lowest BCUT2D eigenvalue weighted by Gasteiger charge is -2.20. The number of hydrogen-bond donors (Lipinski definition) is 1. The lowest BCUT2D eigenvalue weighted by Crippen LogP contribution is -2.31. The van der Waals surface area contributed by atoms with Crippen LogP contribution < -0.4 is 5.32 Å². The van der Waals surface area contributed by atoms with E-state index in [9.17, 15) is 18.0 Å². The minimum atomic E-state index is -4.70. The van der Waals surface area contributed by atoms with Crippen LogP contribution in [0.4, 0.5) is 13.2 Å². The number of rotatable bonds is 5. The highest BCUT2D eigenvalue weighted by Gasteiger charge is 2.39. The number of benzene rings is 2. The van der Waals surface area contributed by atoms with E-state index in [4.69, 9.17) is 0 Å². The Bertz CT molecular complexity index is 905. The van der Waals surface area contributed by atoms with Crippen LogP contribution in [0.5, 0.6) is 0 Å². The van der Waals surface area contributed by atoms with Gasteiger partial charge in [-0.2, -0.15) is 18.3 Å². The SMILES string of the molecule is Cn1cc(C(=O)NC(Cc2ccccc2)c2ccccc2)c(C(F)(F)F)n1. The molecule has 0 saturated carbocycles. The minimum Gasteiger partial charge on any atom is -0.345 e. The number of amides is 1. The first-order chi connectivity index (χ1) is 12.8. The van der Waals surface area contributed by atoms with Crippen molar-refractivity contribution >= 4 is 5.91 Å². The van der Waals surface area contributed by atoms with E-state index < -0.39 is 29.4 Å². The summed E-state index contributed by atoms with van der Waals surface area (Å²) in [6.07, 6.45) is -3.16. The lowest BCUT2D eigenvalue weighted by molar-refractivity contribution is -0.141. The van der Waals surface area contributed by atoms with Gasteiger partial charge in [-0.1, -0.05) is 60.7 Å². The Balaban J connectivity index is 1.89. The van der Waals surface area contributed by atoms with E-state index in [1.165, 1.54) is 7.05 Å². The van der Waals surface area contributed by atoms with Crippen LogP contribution >= 0.6 is 0 Å². The van der Waals surface area contributed by atoms with E-state index in [-0.39, 0.29) is 0 Å². The van der Waals surface area contributed by atoms with Gasteiger partial charge in [0.1, 0.15) is 0 Å². The van der Waals surface area contributed by atoms with E-state index in [1.807, 2.05) is 60.7 Å². The van der Waals surface area contributed by atoms with Crippen molar-refractivity contribution in [1.82, 2.24) is 15.1 Å². The van der Waals surface area contributed by atoms with Gasteiger partial charge in [0.05, 0.1) is 11.6 Å². The van der Waals surface area contributed by atoms with Crippen LogP contribution in [0.15, 0.2) is 66.9 Å². The third-order valence-electron chi connectivity index (χ3n) is 4.13. The van der Waals surface area contributed by atoms with Gasteiger partial charge in [0, 0.05) is 13.2 Å². The zero-order valence-electron chi connectivity index (χ0n) is 14.6. The standard InChI is InChI=1S/C20H18F3N3O/c1-26-13-16(18(25-26)20(21,22)23)19(27)24-17(15-10-6-3-7-11-15)12-14-8-4-2-5-9-14/h2-11,13,17H,12H2,1H3,(H,24,27). The Morgan fingerprint density at radius 3 is 2.26 bits per heavy atom. The molecule has 1 heterocycles. The molecule has 3 aromatic rings. The number of alkyl halides is 3. The van der Waals surface area contributed by atoms with Crippen LogP contribution in [0, 0.1) is 0 Å². The molecular formula is C20H18F3N3O. The van der Waals surface area contributed by atoms with Crippen molar-refractivity contribution in [1.29, 1.82) is 0 Å². The van der Waals surface area contributed by atoms with E-state index in [2.05, 4.69) is 10.4 Å². The van der Waals surface area contributed by atoms with E-state index in [0.717, 1.165) is 22.0 Å². The zero-order chi connectivity index (χ0) is 19.4. The molecule has 1 amide bonds. The Morgan fingerprint density at radius 1 is 1.07 bits per heavy atom. The molecule has 1 atom stereocenters. The Kier molecular flexibility index (Phi) is 5.30. The molecule has 1 N–H and O–H groups in total. The maximum absolute atomic E-state index is 13.2. The fourth-order valence-corrected chi connectivity index (χ4v) is 2.89. The number of aryl methyl sites for hydroxylation is 1. The number of carbonyl (C=O) groups is 1. The van der Waals surface area contributed by atoms with Crippen molar-refractivity contribution in [3.8, 4) is 0 Å². The molecule has 0 radical (unpaired) electrons. The molecular weight excluding hydrogens is 355 g/mol. The minimum absolute atomic E-state index is 0.457. The van der Waals surface area contributed by atoms with Crippen LogP contribution in [-0.2, 0) is 19.6 Å². The summed E-state index contributed by atoms with van der Waals surface area (Å²) in [6.45, 7) is 0. The average molecular weight is 373 g/mol. The second-order valence-corrected chi connectivity index (χ2v) is 6.19. The van der Waals surface area contributed by atoms with Crippen LogP contribution in [0.3, 0.4) is 0 Å². The van der Waals surface area contributed by atoms with Crippen LogP contribution in [0.25, 0.3) is 0 Å². The molecule has 0 aliphatic carbocycles. The van der Waals surface area contributed by atoms with Gasteiger partial charge in [0.2, 0.25) is 0 Å². The highest BCUT2D eigenvalue weighted by atomic mass is 19.4. The number of halogens is 3. The largest absolute Gasteiger partial charge is 0.435 e. The molecule has 4 nitrogen and oxygen atoms in total. The second kappa shape index (κ2) is 7.65. The quantitative estimate of drug-likeness (QED) is 0.730. The number of hydrogen-bond acceptors (Lipinski definition) is 2. The number of nitrogens with one attached hydrogen (secondary N) is 1. The molecule has 0 aliphatic rings. The van der Waals surface area contributed by atoms with Crippen molar-refractivity contribution in [2.45, 2.75) is 18.6 Å².